The van der Waals surface area contributed by atoms with Crippen molar-refractivity contribution < 1.29 is 17.9 Å². The molecule has 1 amide bonds. The van der Waals surface area contributed by atoms with Crippen LogP contribution in [-0.2, 0) is 15.4 Å². The van der Waals surface area contributed by atoms with Gasteiger partial charge in [-0.25, -0.2) is 18.1 Å². The number of fused-ring (bicyclic) bond motifs is 4. The minimum Gasteiger partial charge on any atom is -0.467 e. The molecule has 8 nitrogen and oxygen atoms in total. The van der Waals surface area contributed by atoms with Crippen molar-refractivity contribution >= 4 is 21.9 Å². The van der Waals surface area contributed by atoms with Gasteiger partial charge in [0, 0.05) is 17.2 Å². The highest BCUT2D eigenvalue weighted by Gasteiger charge is 2.28. The van der Waals surface area contributed by atoms with Gasteiger partial charge in [-0.05, 0) is 66.6 Å². The number of amides is 1. The summed E-state index contributed by atoms with van der Waals surface area (Å²) in [6.45, 7) is 12.2. The summed E-state index contributed by atoms with van der Waals surface area (Å²) in [6, 6.07) is 21.1. The van der Waals surface area contributed by atoms with Gasteiger partial charge in [-0.2, -0.15) is 4.98 Å². The summed E-state index contributed by atoms with van der Waals surface area (Å²) in [5.74, 6) is -0.367. The van der Waals surface area contributed by atoms with Crippen molar-refractivity contribution in [1.82, 2.24) is 15.3 Å². The summed E-state index contributed by atoms with van der Waals surface area (Å²) < 4.78 is 35.7. The lowest BCUT2D eigenvalue weighted by Crippen LogP contribution is -2.39. The van der Waals surface area contributed by atoms with E-state index in [2.05, 4.69) is 52.9 Å². The maximum atomic E-state index is 13.4. The van der Waals surface area contributed by atoms with Gasteiger partial charge in [0.25, 0.3) is 15.9 Å². The van der Waals surface area contributed by atoms with Crippen LogP contribution >= 0.6 is 0 Å². The fourth-order valence-electron chi connectivity index (χ4n) is 4.99. The lowest BCUT2D eigenvalue weighted by Gasteiger charge is -2.27. The number of nitrogens with zero attached hydrogens (tertiary/aromatic N) is 2. The maximum absolute atomic E-state index is 13.4. The Labute approximate surface area is 241 Å². The van der Waals surface area contributed by atoms with Crippen LogP contribution in [0, 0.1) is 13.8 Å². The van der Waals surface area contributed by atoms with Crippen LogP contribution in [0.25, 0.3) is 11.3 Å². The van der Waals surface area contributed by atoms with Crippen LogP contribution < -0.4 is 14.8 Å². The number of sulfonamides is 1. The van der Waals surface area contributed by atoms with Crippen molar-refractivity contribution in [2.45, 2.75) is 64.0 Å². The molecular weight excluding hydrogens is 536 g/mol. The number of anilines is 1. The molecule has 0 unspecified atom stereocenters. The van der Waals surface area contributed by atoms with E-state index in [1.165, 1.54) is 18.2 Å². The third-order valence-corrected chi connectivity index (χ3v) is 8.56. The van der Waals surface area contributed by atoms with E-state index in [9.17, 15) is 13.2 Å². The molecule has 212 valence electrons. The Bertz CT molecular complexity index is 1710. The molecule has 0 saturated heterocycles. The third-order valence-electron chi connectivity index (χ3n) is 7.24. The molecule has 0 aliphatic carbocycles. The summed E-state index contributed by atoms with van der Waals surface area (Å²) in [4.78, 5) is 22.2. The van der Waals surface area contributed by atoms with Crippen LogP contribution in [0.3, 0.4) is 0 Å². The number of ether oxygens (including phenoxy) is 1. The zero-order valence-corrected chi connectivity index (χ0v) is 24.8. The molecule has 0 spiro atoms. The average molecular weight is 571 g/mol. The Hall–Kier alpha value is -4.24. The summed E-state index contributed by atoms with van der Waals surface area (Å²) in [5.41, 5.74) is 5.51. The van der Waals surface area contributed by atoms with Crippen molar-refractivity contribution in [2.75, 3.05) is 4.72 Å². The molecule has 2 N–H and O–H groups in total. The van der Waals surface area contributed by atoms with Gasteiger partial charge in [0.1, 0.15) is 6.10 Å². The Morgan fingerprint density at radius 3 is 2.20 bits per heavy atom. The van der Waals surface area contributed by atoms with Crippen LogP contribution in [-0.4, -0.2) is 30.3 Å². The molecular formula is C32H34N4O4S. The molecule has 41 heavy (non-hydrogen) atoms. The first-order valence-corrected chi connectivity index (χ1v) is 15.0. The first-order valence-electron chi connectivity index (χ1n) is 13.5. The maximum Gasteiger partial charge on any atom is 0.264 e. The summed E-state index contributed by atoms with van der Waals surface area (Å²) in [7, 11) is -4.11. The smallest absolute Gasteiger partial charge is 0.264 e. The Balaban J connectivity index is 1.70. The molecule has 4 aromatic rings. The number of aromatic nitrogens is 2. The van der Waals surface area contributed by atoms with Gasteiger partial charge < -0.3 is 10.1 Å². The van der Waals surface area contributed by atoms with Crippen molar-refractivity contribution in [3.63, 3.8) is 0 Å². The van der Waals surface area contributed by atoms with E-state index in [-0.39, 0.29) is 27.7 Å². The van der Waals surface area contributed by atoms with Crippen LogP contribution in [0.5, 0.6) is 5.88 Å². The minimum absolute atomic E-state index is 0.0337. The van der Waals surface area contributed by atoms with E-state index in [0.29, 0.717) is 5.69 Å². The molecule has 0 fully saturated rings. The lowest BCUT2D eigenvalue weighted by molar-refractivity contribution is 0.0877. The Morgan fingerprint density at radius 1 is 0.878 bits per heavy atom. The van der Waals surface area contributed by atoms with Gasteiger partial charge in [-0.3, -0.25) is 4.79 Å². The number of hydrogen-bond donors (Lipinski definition) is 2. The summed E-state index contributed by atoms with van der Waals surface area (Å²) in [6.07, 6.45) is -0.637. The van der Waals surface area contributed by atoms with E-state index in [0.717, 1.165) is 27.8 Å². The molecule has 1 aliphatic heterocycles. The fraction of sp³-hybridized carbons (Fsp3) is 0.281. The molecule has 9 heteroatoms. The van der Waals surface area contributed by atoms with Gasteiger partial charge in [0.15, 0.2) is 0 Å². The monoisotopic (exact) mass is 570 g/mol. The molecule has 2 atom stereocenters. The van der Waals surface area contributed by atoms with E-state index in [1.54, 1.807) is 12.1 Å². The van der Waals surface area contributed by atoms with E-state index >= 15 is 0 Å². The van der Waals surface area contributed by atoms with E-state index in [4.69, 9.17) is 4.74 Å². The van der Waals surface area contributed by atoms with Crippen LogP contribution in [0.2, 0.25) is 0 Å². The molecule has 1 aliphatic rings. The number of aryl methyl sites for hydroxylation is 2. The van der Waals surface area contributed by atoms with E-state index in [1.807, 2.05) is 51.1 Å². The van der Waals surface area contributed by atoms with Gasteiger partial charge in [0.2, 0.25) is 11.8 Å². The first kappa shape index (κ1) is 28.3. The molecule has 2 heterocycles. The second-order valence-corrected chi connectivity index (χ2v) is 13.2. The summed E-state index contributed by atoms with van der Waals surface area (Å²) in [5, 5.41) is 3.00. The predicted molar refractivity (Wildman–Crippen MR) is 160 cm³/mol. The molecule has 4 bridgehead atoms. The van der Waals surface area contributed by atoms with Crippen LogP contribution in [0.15, 0.2) is 77.7 Å². The predicted octanol–water partition coefficient (Wildman–Crippen LogP) is 6.11. The largest absolute Gasteiger partial charge is 0.467 e. The van der Waals surface area contributed by atoms with Gasteiger partial charge in [0.05, 0.1) is 16.6 Å². The second kappa shape index (κ2) is 10.6. The second-order valence-electron chi connectivity index (χ2n) is 11.5. The van der Waals surface area contributed by atoms with Crippen molar-refractivity contribution in [3.8, 4) is 17.1 Å². The SMILES string of the molecule is Cc1cccc(C)c1-c1cc2nc(n1)NS(=O)(=O)c1cccc(c1)C(=O)N[C@@H](C)[C@H](c1ccc(C(C)(C)C)cc1)O2. The summed E-state index contributed by atoms with van der Waals surface area (Å²) >= 11 is 0. The van der Waals surface area contributed by atoms with Crippen LogP contribution in [0.4, 0.5) is 5.95 Å². The number of rotatable bonds is 2. The quantitative estimate of drug-likeness (QED) is 0.301. The normalized spacial score (nSPS) is 18.5. The number of carbonyl (C=O) groups excluding carboxylic acids is 1. The molecule has 0 saturated carbocycles. The highest BCUT2D eigenvalue weighted by molar-refractivity contribution is 7.92. The molecule has 5 rings (SSSR count). The third kappa shape index (κ3) is 5.95. The average Bonchev–Trinajstić information content (AvgIpc) is 2.90. The van der Waals surface area contributed by atoms with Crippen molar-refractivity contribution in [1.29, 1.82) is 0 Å². The number of hydrogen-bond acceptors (Lipinski definition) is 6. The van der Waals surface area contributed by atoms with Crippen molar-refractivity contribution in [2.24, 2.45) is 0 Å². The number of benzene rings is 3. The topological polar surface area (TPSA) is 110 Å². The Morgan fingerprint density at radius 2 is 1.54 bits per heavy atom. The zero-order valence-electron chi connectivity index (χ0n) is 24.0. The van der Waals surface area contributed by atoms with Gasteiger partial charge in [-0.1, -0.05) is 69.3 Å². The van der Waals surface area contributed by atoms with Crippen LogP contribution in [0.1, 0.15) is 66.4 Å². The number of carbonyl (C=O) groups is 1. The zero-order chi connectivity index (χ0) is 29.5. The van der Waals surface area contributed by atoms with Crippen molar-refractivity contribution in [3.05, 3.63) is 101 Å². The molecule has 3 aromatic carbocycles. The highest BCUT2D eigenvalue weighted by Crippen LogP contribution is 2.33. The fourth-order valence-corrected chi connectivity index (χ4v) is 5.98. The molecule has 1 aromatic heterocycles. The van der Waals surface area contributed by atoms with Gasteiger partial charge in [-0.15, -0.1) is 0 Å². The lowest BCUT2D eigenvalue weighted by atomic mass is 9.86. The van der Waals surface area contributed by atoms with Gasteiger partial charge >= 0.3 is 0 Å². The standard InChI is InChI=1S/C32H34N4O4S/c1-19-9-7-10-20(2)28(19)26-18-27-35-31(34-26)36-41(38,39)25-12-8-11-23(17-25)30(37)33-21(3)29(40-27)22-13-15-24(16-14-22)32(4,5)6/h7-18,21,29H,1-6H3,(H,33,37)(H,34,35,36)/t21-,29+/m0/s1. The Kier molecular flexibility index (Phi) is 7.33. The first-order chi connectivity index (χ1) is 19.3. The molecule has 0 radical (unpaired) electrons. The highest BCUT2D eigenvalue weighted by atomic mass is 32.2. The van der Waals surface area contributed by atoms with E-state index < -0.39 is 28.1 Å². The number of nitrogens with one attached hydrogen (secondary N) is 2. The minimum atomic E-state index is -4.11.